The van der Waals surface area contributed by atoms with Gasteiger partial charge in [-0.15, -0.1) is 0 Å². The van der Waals surface area contributed by atoms with Gasteiger partial charge in [-0.2, -0.15) is 24.9 Å². The fraction of sp³-hybridized carbons (Fsp3) is 0.500. The summed E-state index contributed by atoms with van der Waals surface area (Å²) in [6.45, 7) is 1.36. The van der Waals surface area contributed by atoms with Crippen LogP contribution in [0.1, 0.15) is 11.1 Å². The molecule has 134 valence electrons. The van der Waals surface area contributed by atoms with Crippen molar-refractivity contribution in [3.63, 3.8) is 0 Å². The Balaban J connectivity index is 2.28. The molecular formula is C14H18F3N3O2S2. The maximum absolute atomic E-state index is 13.0. The van der Waals surface area contributed by atoms with Gasteiger partial charge >= 0.3 is 6.18 Å². The second-order valence-corrected chi connectivity index (χ2v) is 8.65. The van der Waals surface area contributed by atoms with E-state index < -0.39 is 21.6 Å². The van der Waals surface area contributed by atoms with Crippen LogP contribution >= 0.6 is 11.8 Å². The van der Waals surface area contributed by atoms with E-state index in [-0.39, 0.29) is 23.0 Å². The first kappa shape index (κ1) is 18.9. The molecule has 0 aromatic heterocycles. The van der Waals surface area contributed by atoms with Gasteiger partial charge in [0.15, 0.2) is 15.8 Å². The van der Waals surface area contributed by atoms with E-state index in [0.29, 0.717) is 6.07 Å². The number of aliphatic imine (C=N–C) groups is 1. The van der Waals surface area contributed by atoms with Crippen LogP contribution in [-0.4, -0.2) is 50.1 Å². The van der Waals surface area contributed by atoms with Crippen molar-refractivity contribution in [3.8, 4) is 0 Å². The Kier molecular flexibility index (Phi) is 5.69. The van der Waals surface area contributed by atoms with Gasteiger partial charge in [0.05, 0.1) is 17.0 Å². The molecule has 0 aliphatic carbocycles. The summed E-state index contributed by atoms with van der Waals surface area (Å²) in [6.07, 6.45) is -3.76. The largest absolute Gasteiger partial charge is 0.416 e. The molecule has 1 aromatic rings. The van der Waals surface area contributed by atoms with E-state index in [9.17, 15) is 21.6 Å². The highest BCUT2D eigenvalue weighted by Crippen LogP contribution is 2.32. The van der Waals surface area contributed by atoms with Crippen molar-refractivity contribution in [2.45, 2.75) is 17.6 Å². The molecule has 24 heavy (non-hydrogen) atoms. The Bertz CT molecular complexity index is 727. The van der Waals surface area contributed by atoms with Crippen molar-refractivity contribution in [2.75, 3.05) is 30.9 Å². The number of thioether (sulfide) groups is 1. The standard InChI is InChI=1S/C14H18F3N3O2S2/c1-24(21,22)12-7-10(6-11(8-12)14(15,16)17)9-19-13(18)20-2-4-23-5-3-20/h6-8H,2-5,9H2,1H3,(H2,18,19). The Morgan fingerprint density at radius 1 is 1.29 bits per heavy atom. The Hall–Kier alpha value is -1.42. The number of halogens is 3. The molecule has 1 aliphatic heterocycles. The zero-order valence-electron chi connectivity index (χ0n) is 13.0. The number of sulfone groups is 1. The van der Waals surface area contributed by atoms with Crippen molar-refractivity contribution < 1.29 is 21.6 Å². The Morgan fingerprint density at radius 2 is 1.92 bits per heavy atom. The van der Waals surface area contributed by atoms with Gasteiger partial charge in [0, 0.05) is 30.9 Å². The fourth-order valence-electron chi connectivity index (χ4n) is 2.19. The average molecular weight is 381 g/mol. The second kappa shape index (κ2) is 7.22. The molecule has 0 bridgehead atoms. The molecule has 10 heteroatoms. The summed E-state index contributed by atoms with van der Waals surface area (Å²) in [5.41, 5.74) is 5.01. The predicted molar refractivity (Wildman–Crippen MR) is 88.8 cm³/mol. The highest BCUT2D eigenvalue weighted by molar-refractivity contribution is 7.99. The van der Waals surface area contributed by atoms with Gasteiger partial charge in [0.25, 0.3) is 0 Å². The van der Waals surface area contributed by atoms with Crippen LogP contribution in [0.2, 0.25) is 0 Å². The molecule has 1 fully saturated rings. The first-order valence-electron chi connectivity index (χ1n) is 7.11. The van der Waals surface area contributed by atoms with Crippen LogP contribution in [0.3, 0.4) is 0 Å². The van der Waals surface area contributed by atoms with Gasteiger partial charge < -0.3 is 10.6 Å². The molecule has 0 unspecified atom stereocenters. The molecule has 0 atom stereocenters. The minimum Gasteiger partial charge on any atom is -0.370 e. The van der Waals surface area contributed by atoms with E-state index in [4.69, 9.17) is 5.73 Å². The van der Waals surface area contributed by atoms with E-state index >= 15 is 0 Å². The summed E-state index contributed by atoms with van der Waals surface area (Å²) in [5.74, 6) is 2.09. The number of guanidine groups is 1. The summed E-state index contributed by atoms with van der Waals surface area (Å²) >= 11 is 1.80. The summed E-state index contributed by atoms with van der Waals surface area (Å²) in [7, 11) is -3.76. The zero-order chi connectivity index (χ0) is 18.0. The third kappa shape index (κ3) is 5.04. The van der Waals surface area contributed by atoms with Gasteiger partial charge in [-0.05, 0) is 23.8 Å². The van der Waals surface area contributed by atoms with Crippen molar-refractivity contribution in [2.24, 2.45) is 10.7 Å². The molecule has 2 N–H and O–H groups in total. The molecule has 0 amide bonds. The molecule has 0 radical (unpaired) electrons. The number of benzene rings is 1. The SMILES string of the molecule is CS(=O)(=O)c1cc(CN=C(N)N2CCSCC2)cc(C(F)(F)F)c1. The lowest BCUT2D eigenvalue weighted by Gasteiger charge is -2.27. The smallest absolute Gasteiger partial charge is 0.370 e. The van der Waals surface area contributed by atoms with Gasteiger partial charge in [-0.3, -0.25) is 0 Å². The van der Waals surface area contributed by atoms with Crippen molar-refractivity contribution in [1.82, 2.24) is 4.90 Å². The minimum atomic E-state index is -4.63. The molecule has 5 nitrogen and oxygen atoms in total. The molecule has 0 saturated carbocycles. The van der Waals surface area contributed by atoms with Crippen LogP contribution in [0.5, 0.6) is 0 Å². The first-order chi connectivity index (χ1) is 11.1. The quantitative estimate of drug-likeness (QED) is 0.640. The van der Waals surface area contributed by atoms with Crippen LogP contribution in [0.4, 0.5) is 13.2 Å². The van der Waals surface area contributed by atoms with Crippen molar-refractivity contribution >= 4 is 27.6 Å². The predicted octanol–water partition coefficient (Wildman–Crippen LogP) is 1.97. The molecular weight excluding hydrogens is 363 g/mol. The van der Waals surface area contributed by atoms with E-state index in [2.05, 4.69) is 4.99 Å². The minimum absolute atomic E-state index is 0.109. The van der Waals surface area contributed by atoms with Crippen molar-refractivity contribution in [1.29, 1.82) is 0 Å². The van der Waals surface area contributed by atoms with E-state index in [0.717, 1.165) is 36.9 Å². The zero-order valence-corrected chi connectivity index (χ0v) is 14.6. The van der Waals surface area contributed by atoms with E-state index in [1.165, 1.54) is 6.07 Å². The molecule has 1 heterocycles. The number of nitrogens with two attached hydrogens (primary N) is 1. The summed E-state index contributed by atoms with van der Waals surface area (Å²) in [4.78, 5) is 5.60. The average Bonchev–Trinajstić information content (AvgIpc) is 2.51. The first-order valence-corrected chi connectivity index (χ1v) is 10.2. The Morgan fingerprint density at radius 3 is 2.46 bits per heavy atom. The topological polar surface area (TPSA) is 75.8 Å². The number of nitrogens with zero attached hydrogens (tertiary/aromatic N) is 2. The van der Waals surface area contributed by atoms with Gasteiger partial charge in [0.2, 0.25) is 0 Å². The second-order valence-electron chi connectivity index (χ2n) is 5.41. The molecule has 1 aliphatic rings. The lowest BCUT2D eigenvalue weighted by molar-refractivity contribution is -0.137. The lowest BCUT2D eigenvalue weighted by atomic mass is 10.1. The maximum Gasteiger partial charge on any atom is 0.416 e. The lowest BCUT2D eigenvalue weighted by Crippen LogP contribution is -2.42. The highest BCUT2D eigenvalue weighted by atomic mass is 32.2. The maximum atomic E-state index is 13.0. The van der Waals surface area contributed by atoms with E-state index in [1.54, 1.807) is 11.8 Å². The molecule has 2 rings (SSSR count). The summed E-state index contributed by atoms with van der Waals surface area (Å²) < 4.78 is 62.1. The van der Waals surface area contributed by atoms with Gasteiger partial charge in [-0.1, -0.05) is 0 Å². The summed E-state index contributed by atoms with van der Waals surface area (Å²) in [6, 6.07) is 2.73. The number of hydrogen-bond acceptors (Lipinski definition) is 4. The van der Waals surface area contributed by atoms with Gasteiger partial charge in [-0.25, -0.2) is 13.4 Å². The van der Waals surface area contributed by atoms with Crippen LogP contribution in [0.15, 0.2) is 28.1 Å². The van der Waals surface area contributed by atoms with E-state index in [1.807, 2.05) is 4.90 Å². The van der Waals surface area contributed by atoms with Crippen LogP contribution in [-0.2, 0) is 22.6 Å². The third-order valence-corrected chi connectivity index (χ3v) is 5.52. The van der Waals surface area contributed by atoms with Crippen LogP contribution in [0, 0.1) is 0 Å². The number of rotatable bonds is 3. The molecule has 0 spiro atoms. The van der Waals surface area contributed by atoms with Crippen molar-refractivity contribution in [3.05, 3.63) is 29.3 Å². The fourth-order valence-corrected chi connectivity index (χ4v) is 3.80. The van der Waals surface area contributed by atoms with Gasteiger partial charge in [0.1, 0.15) is 0 Å². The number of alkyl halides is 3. The van der Waals surface area contributed by atoms with Crippen LogP contribution in [0.25, 0.3) is 0 Å². The molecule has 1 aromatic carbocycles. The van der Waals surface area contributed by atoms with Crippen LogP contribution < -0.4 is 5.73 Å². The third-order valence-electron chi connectivity index (χ3n) is 3.48. The molecule has 1 saturated heterocycles. The number of hydrogen-bond donors (Lipinski definition) is 1. The monoisotopic (exact) mass is 381 g/mol. The Labute approximate surface area is 143 Å². The summed E-state index contributed by atoms with van der Waals surface area (Å²) in [5, 5.41) is 0. The normalized spacial score (nSPS) is 17.2. The highest BCUT2D eigenvalue weighted by Gasteiger charge is 2.32.